The van der Waals surface area contributed by atoms with Crippen molar-refractivity contribution >= 4 is 27.7 Å². The van der Waals surface area contributed by atoms with Gasteiger partial charge < -0.3 is 10.5 Å². The first kappa shape index (κ1) is 12.9. The molecule has 1 aromatic rings. The van der Waals surface area contributed by atoms with Gasteiger partial charge in [-0.25, -0.2) is 0 Å². The normalized spacial score (nSPS) is 12.6. The summed E-state index contributed by atoms with van der Waals surface area (Å²) in [7, 11) is 1.69. The number of nitrogens with two attached hydrogens (primary N) is 1. The van der Waals surface area contributed by atoms with E-state index >= 15 is 0 Å². The summed E-state index contributed by atoms with van der Waals surface area (Å²) in [5.41, 5.74) is 7.02. The predicted octanol–water partition coefficient (Wildman–Crippen LogP) is 3.07. The summed E-state index contributed by atoms with van der Waals surface area (Å²) in [6, 6.07) is 4.39. The number of methoxy groups -OCH3 is 1. The van der Waals surface area contributed by atoms with Crippen LogP contribution >= 0.6 is 27.7 Å². The van der Waals surface area contributed by atoms with E-state index in [1.165, 1.54) is 5.56 Å². The molecule has 0 aliphatic heterocycles. The molecule has 0 aliphatic carbocycles. The fourth-order valence-corrected chi connectivity index (χ4v) is 2.91. The fourth-order valence-electron chi connectivity index (χ4n) is 1.46. The van der Waals surface area contributed by atoms with Gasteiger partial charge in [0.05, 0.1) is 16.5 Å². The maximum atomic E-state index is 5.78. The molecule has 0 spiro atoms. The van der Waals surface area contributed by atoms with Crippen LogP contribution in [0, 0.1) is 0 Å². The van der Waals surface area contributed by atoms with Gasteiger partial charge >= 0.3 is 0 Å². The number of ether oxygens (including phenoxy) is 1. The van der Waals surface area contributed by atoms with Crippen LogP contribution in [0.4, 0.5) is 0 Å². The molecule has 15 heavy (non-hydrogen) atoms. The third-order valence-electron chi connectivity index (χ3n) is 2.05. The van der Waals surface area contributed by atoms with E-state index in [0.29, 0.717) is 0 Å². The number of hydrogen-bond acceptors (Lipinski definition) is 3. The quantitative estimate of drug-likeness (QED) is 0.866. The largest absolute Gasteiger partial charge is 0.494 e. The van der Waals surface area contributed by atoms with Crippen LogP contribution in [-0.4, -0.2) is 19.4 Å². The zero-order valence-corrected chi connectivity index (χ0v) is 11.6. The lowest BCUT2D eigenvalue weighted by Gasteiger charge is -2.12. The maximum absolute atomic E-state index is 5.78. The summed E-state index contributed by atoms with van der Waals surface area (Å²) in [4.78, 5) is 1.14. The van der Waals surface area contributed by atoms with Gasteiger partial charge in [-0.2, -0.15) is 0 Å². The number of hydrogen-bond donors (Lipinski definition) is 1. The number of rotatable bonds is 4. The molecule has 0 saturated carbocycles. The summed E-state index contributed by atoms with van der Waals surface area (Å²) in [5.74, 6) is 0.899. The third-order valence-corrected chi connectivity index (χ3v) is 3.38. The number of benzene rings is 1. The van der Waals surface area contributed by atoms with Crippen LogP contribution in [0.2, 0.25) is 0 Å². The van der Waals surface area contributed by atoms with Crippen molar-refractivity contribution in [3.8, 4) is 5.75 Å². The van der Waals surface area contributed by atoms with E-state index in [1.54, 1.807) is 18.9 Å². The Balaban J connectivity index is 3.08. The van der Waals surface area contributed by atoms with Crippen molar-refractivity contribution in [2.24, 2.45) is 5.73 Å². The lowest BCUT2D eigenvalue weighted by Crippen LogP contribution is -2.17. The molecule has 4 heteroatoms. The minimum absolute atomic E-state index is 0.181. The standard InChI is InChI=1S/C11H16BrNOS/c1-7(13)4-8-5-9(12)11(14-2)10(6-8)15-3/h5-7H,4,13H2,1-3H3. The van der Waals surface area contributed by atoms with Crippen molar-refractivity contribution in [3.05, 3.63) is 22.2 Å². The van der Waals surface area contributed by atoms with Crippen LogP contribution in [0.5, 0.6) is 5.75 Å². The van der Waals surface area contributed by atoms with Crippen molar-refractivity contribution in [3.63, 3.8) is 0 Å². The second-order valence-corrected chi connectivity index (χ2v) is 5.20. The van der Waals surface area contributed by atoms with Crippen molar-refractivity contribution < 1.29 is 4.74 Å². The smallest absolute Gasteiger partial charge is 0.146 e. The van der Waals surface area contributed by atoms with E-state index in [1.807, 2.05) is 13.2 Å². The molecular formula is C11H16BrNOS. The Labute approximate surface area is 104 Å². The van der Waals surface area contributed by atoms with Gasteiger partial charge in [-0.05, 0) is 53.2 Å². The monoisotopic (exact) mass is 289 g/mol. The minimum atomic E-state index is 0.181. The summed E-state index contributed by atoms with van der Waals surface area (Å²) in [6.45, 7) is 2.01. The molecule has 0 bridgehead atoms. The molecule has 84 valence electrons. The minimum Gasteiger partial charge on any atom is -0.494 e. The van der Waals surface area contributed by atoms with E-state index in [-0.39, 0.29) is 6.04 Å². The first-order valence-electron chi connectivity index (χ1n) is 4.74. The SMILES string of the molecule is COc1c(Br)cc(CC(C)N)cc1SC. The molecule has 0 aromatic heterocycles. The highest BCUT2D eigenvalue weighted by Gasteiger charge is 2.09. The molecule has 0 heterocycles. The van der Waals surface area contributed by atoms with Crippen LogP contribution in [0.1, 0.15) is 12.5 Å². The van der Waals surface area contributed by atoms with Gasteiger partial charge in [-0.15, -0.1) is 11.8 Å². The van der Waals surface area contributed by atoms with Crippen molar-refractivity contribution in [1.82, 2.24) is 0 Å². The summed E-state index contributed by atoms with van der Waals surface area (Å²) >= 11 is 5.19. The Hall–Kier alpha value is -0.190. The van der Waals surface area contributed by atoms with E-state index in [2.05, 4.69) is 28.1 Å². The van der Waals surface area contributed by atoms with Crippen LogP contribution in [0.3, 0.4) is 0 Å². The van der Waals surface area contributed by atoms with Crippen LogP contribution < -0.4 is 10.5 Å². The molecular weight excluding hydrogens is 274 g/mol. The van der Waals surface area contributed by atoms with Crippen molar-refractivity contribution in [2.45, 2.75) is 24.3 Å². The molecule has 0 fully saturated rings. The molecule has 0 radical (unpaired) electrons. The average Bonchev–Trinajstić information content (AvgIpc) is 2.15. The molecule has 0 amide bonds. The molecule has 2 N–H and O–H groups in total. The van der Waals surface area contributed by atoms with Gasteiger partial charge in [0.2, 0.25) is 0 Å². The van der Waals surface area contributed by atoms with E-state index in [0.717, 1.165) is 21.5 Å². The Morgan fingerprint density at radius 3 is 2.67 bits per heavy atom. The second kappa shape index (κ2) is 5.77. The average molecular weight is 290 g/mol. The highest BCUT2D eigenvalue weighted by Crippen LogP contribution is 2.36. The maximum Gasteiger partial charge on any atom is 0.146 e. The highest BCUT2D eigenvalue weighted by atomic mass is 79.9. The molecule has 1 aromatic carbocycles. The molecule has 0 saturated heterocycles. The second-order valence-electron chi connectivity index (χ2n) is 3.49. The Bertz CT molecular complexity index is 342. The lowest BCUT2D eigenvalue weighted by molar-refractivity contribution is 0.401. The summed E-state index contributed by atoms with van der Waals surface area (Å²) < 4.78 is 6.32. The van der Waals surface area contributed by atoms with Gasteiger partial charge in [0, 0.05) is 6.04 Å². The van der Waals surface area contributed by atoms with Crippen LogP contribution in [0.15, 0.2) is 21.5 Å². The first-order valence-corrected chi connectivity index (χ1v) is 6.76. The molecule has 1 unspecified atom stereocenters. The lowest BCUT2D eigenvalue weighted by atomic mass is 10.1. The molecule has 1 rings (SSSR count). The highest BCUT2D eigenvalue weighted by molar-refractivity contribution is 9.10. The molecule has 1 atom stereocenters. The third kappa shape index (κ3) is 3.40. The molecule has 0 aliphatic rings. The fraction of sp³-hybridized carbons (Fsp3) is 0.455. The number of thioether (sulfide) groups is 1. The zero-order valence-electron chi connectivity index (χ0n) is 9.21. The Morgan fingerprint density at radius 2 is 2.20 bits per heavy atom. The van der Waals surface area contributed by atoms with Gasteiger partial charge in [-0.3, -0.25) is 0 Å². The van der Waals surface area contributed by atoms with Gasteiger partial charge in [0.15, 0.2) is 0 Å². The number of halogens is 1. The van der Waals surface area contributed by atoms with Crippen LogP contribution in [0.25, 0.3) is 0 Å². The van der Waals surface area contributed by atoms with E-state index in [4.69, 9.17) is 10.5 Å². The first-order chi connectivity index (χ1) is 7.08. The predicted molar refractivity (Wildman–Crippen MR) is 69.8 cm³/mol. The topological polar surface area (TPSA) is 35.2 Å². The molecule has 2 nitrogen and oxygen atoms in total. The van der Waals surface area contributed by atoms with Gasteiger partial charge in [0.1, 0.15) is 5.75 Å². The van der Waals surface area contributed by atoms with Gasteiger partial charge in [-0.1, -0.05) is 0 Å². The summed E-state index contributed by atoms with van der Waals surface area (Å²) in [5, 5.41) is 0. The van der Waals surface area contributed by atoms with Gasteiger partial charge in [0.25, 0.3) is 0 Å². The van der Waals surface area contributed by atoms with Crippen LogP contribution in [-0.2, 0) is 6.42 Å². The van der Waals surface area contributed by atoms with E-state index < -0.39 is 0 Å². The van der Waals surface area contributed by atoms with Crippen molar-refractivity contribution in [1.29, 1.82) is 0 Å². The Kier molecular flexibility index (Phi) is 4.96. The van der Waals surface area contributed by atoms with E-state index in [9.17, 15) is 0 Å². The zero-order chi connectivity index (χ0) is 11.4. The van der Waals surface area contributed by atoms with Crippen molar-refractivity contribution in [2.75, 3.05) is 13.4 Å². The Morgan fingerprint density at radius 1 is 1.53 bits per heavy atom. The summed E-state index contributed by atoms with van der Waals surface area (Å²) in [6.07, 6.45) is 2.93.